The van der Waals surface area contributed by atoms with Gasteiger partial charge in [-0.1, -0.05) is 39.3 Å². The number of carboxylic acid groups (broad SMARTS) is 1. The van der Waals surface area contributed by atoms with E-state index in [-0.39, 0.29) is 22.4 Å². The Morgan fingerprint density at radius 2 is 2.04 bits per heavy atom. The fourth-order valence-corrected chi connectivity index (χ4v) is 3.78. The third-order valence-corrected chi connectivity index (χ3v) is 6.52. The maximum absolute atomic E-state index is 12.2. The Balaban J connectivity index is 2.32. The maximum Gasteiger partial charge on any atom is 0.325 e. The summed E-state index contributed by atoms with van der Waals surface area (Å²) in [6, 6.07) is -0.306. The Bertz CT molecular complexity index is 729. The van der Waals surface area contributed by atoms with Crippen LogP contribution in [0.4, 0.5) is 5.69 Å². The highest BCUT2D eigenvalue weighted by atomic mass is 35.5. The summed E-state index contributed by atoms with van der Waals surface area (Å²) in [4.78, 5) is 22.9. The molecule has 1 fully saturated rings. The number of aliphatic carboxylic acids is 1. The van der Waals surface area contributed by atoms with Crippen molar-refractivity contribution in [2.75, 3.05) is 5.32 Å². The predicted molar refractivity (Wildman–Crippen MR) is 95.9 cm³/mol. The van der Waals surface area contributed by atoms with Gasteiger partial charge in [0.15, 0.2) is 0 Å². The van der Waals surface area contributed by atoms with Crippen LogP contribution in [0.2, 0.25) is 5.02 Å². The Hall–Kier alpha value is -1.60. The van der Waals surface area contributed by atoms with Gasteiger partial charge in [-0.25, -0.2) is 4.68 Å². The van der Waals surface area contributed by atoms with Crippen LogP contribution in [-0.4, -0.2) is 37.6 Å². The first-order chi connectivity index (χ1) is 11.4. The van der Waals surface area contributed by atoms with Crippen LogP contribution in [0, 0.1) is 17.3 Å². The summed E-state index contributed by atoms with van der Waals surface area (Å²) < 4.78 is 0.795. The molecule has 140 valence electrons. The third kappa shape index (κ3) is 3.53. The van der Waals surface area contributed by atoms with E-state index in [1.807, 2.05) is 6.92 Å². The van der Waals surface area contributed by atoms with E-state index in [1.165, 1.54) is 6.20 Å². The largest absolute Gasteiger partial charge is 0.480 e. The van der Waals surface area contributed by atoms with E-state index in [0.29, 0.717) is 18.0 Å². The van der Waals surface area contributed by atoms with Crippen LogP contribution >= 0.6 is 11.6 Å². The smallest absolute Gasteiger partial charge is 0.325 e. The lowest BCUT2D eigenvalue weighted by atomic mass is 9.56. The second-order valence-corrected chi connectivity index (χ2v) is 8.21. The Morgan fingerprint density at radius 3 is 2.60 bits per heavy atom. The monoisotopic (exact) mass is 371 g/mol. The molecule has 4 atom stereocenters. The van der Waals surface area contributed by atoms with Gasteiger partial charge in [0.05, 0.1) is 23.5 Å². The van der Waals surface area contributed by atoms with Crippen molar-refractivity contribution in [3.63, 3.8) is 0 Å². The molecule has 1 aliphatic rings. The zero-order valence-corrected chi connectivity index (χ0v) is 16.0. The van der Waals surface area contributed by atoms with Gasteiger partial charge >= 0.3 is 5.97 Å². The molecule has 0 radical (unpaired) electrons. The number of rotatable bonds is 4. The van der Waals surface area contributed by atoms with Crippen molar-refractivity contribution < 1.29 is 15.0 Å². The van der Waals surface area contributed by atoms with Gasteiger partial charge in [-0.15, -0.1) is 0 Å². The van der Waals surface area contributed by atoms with Crippen LogP contribution in [0.5, 0.6) is 0 Å². The van der Waals surface area contributed by atoms with E-state index in [9.17, 15) is 14.7 Å². The lowest BCUT2D eigenvalue weighted by molar-refractivity contribution is -0.138. The highest BCUT2D eigenvalue weighted by Crippen LogP contribution is 2.50. The molecule has 0 bridgehead atoms. The molecule has 7 nitrogen and oxygen atoms in total. The normalized spacial score (nSPS) is 31.6. The van der Waals surface area contributed by atoms with E-state index in [1.54, 1.807) is 6.92 Å². The number of hydrogen-bond donors (Lipinski definition) is 3. The van der Waals surface area contributed by atoms with Crippen molar-refractivity contribution in [3.8, 4) is 0 Å². The topological polar surface area (TPSA) is 104 Å². The Kier molecular flexibility index (Phi) is 5.21. The number of hydrogen-bond acceptors (Lipinski definition) is 5. The van der Waals surface area contributed by atoms with Gasteiger partial charge in [-0.3, -0.25) is 9.59 Å². The molecular formula is C17H26ClN3O4. The van der Waals surface area contributed by atoms with Crippen LogP contribution in [0.15, 0.2) is 11.0 Å². The molecule has 0 amide bonds. The second-order valence-electron chi connectivity index (χ2n) is 7.83. The average molecular weight is 372 g/mol. The summed E-state index contributed by atoms with van der Waals surface area (Å²) in [5.74, 6) is -0.814. The molecule has 0 saturated heterocycles. The number of halogens is 1. The molecule has 1 aliphatic carbocycles. The quantitative estimate of drug-likeness (QED) is 0.749. The van der Waals surface area contributed by atoms with Gasteiger partial charge in [-0.05, 0) is 30.6 Å². The number of anilines is 1. The molecule has 3 N–H and O–H groups in total. The number of carboxylic acids is 1. The molecule has 0 aliphatic heterocycles. The fraction of sp³-hybridized carbons (Fsp3) is 0.706. The number of carbonyl (C=O) groups is 1. The van der Waals surface area contributed by atoms with Gasteiger partial charge in [-0.2, -0.15) is 5.10 Å². The van der Waals surface area contributed by atoms with Crippen LogP contribution in [-0.2, 0) is 11.3 Å². The van der Waals surface area contributed by atoms with E-state index in [2.05, 4.69) is 31.2 Å². The van der Waals surface area contributed by atoms with Gasteiger partial charge < -0.3 is 15.5 Å². The lowest BCUT2D eigenvalue weighted by Crippen LogP contribution is -2.60. The SMILES string of the molecule is C[C@H]1C[C@@H](Nc2cnn(CC(=O)O)c(=O)c2Cl)[C@@](C)(O)[C@@H](C)C1(C)C. The van der Waals surface area contributed by atoms with Crippen LogP contribution in [0.25, 0.3) is 0 Å². The third-order valence-electron chi connectivity index (χ3n) is 6.16. The van der Waals surface area contributed by atoms with Crippen molar-refractivity contribution in [1.29, 1.82) is 0 Å². The molecule has 1 aromatic heterocycles. The molecule has 1 heterocycles. The van der Waals surface area contributed by atoms with Gasteiger partial charge in [0, 0.05) is 0 Å². The summed E-state index contributed by atoms with van der Waals surface area (Å²) in [5.41, 5.74) is -1.41. The summed E-state index contributed by atoms with van der Waals surface area (Å²) >= 11 is 6.11. The number of nitrogens with zero attached hydrogens (tertiary/aromatic N) is 2. The van der Waals surface area contributed by atoms with Crippen LogP contribution in [0.1, 0.15) is 41.0 Å². The van der Waals surface area contributed by atoms with Crippen molar-refractivity contribution in [2.45, 2.75) is 59.2 Å². The molecule has 1 saturated carbocycles. The summed E-state index contributed by atoms with van der Waals surface area (Å²) in [6.07, 6.45) is 2.04. The number of aliphatic hydroxyl groups is 1. The zero-order chi connectivity index (χ0) is 19.2. The Labute approximate surface area is 152 Å². The first-order valence-electron chi connectivity index (χ1n) is 8.35. The molecule has 25 heavy (non-hydrogen) atoms. The van der Waals surface area contributed by atoms with E-state index in [4.69, 9.17) is 16.7 Å². The molecule has 0 unspecified atom stereocenters. The molecule has 1 aromatic rings. The minimum Gasteiger partial charge on any atom is -0.480 e. The minimum atomic E-state index is -1.17. The van der Waals surface area contributed by atoms with Gasteiger partial charge in [0.2, 0.25) is 0 Å². The van der Waals surface area contributed by atoms with Crippen molar-refractivity contribution in [3.05, 3.63) is 21.6 Å². The fourth-order valence-electron chi connectivity index (χ4n) is 3.58. The van der Waals surface area contributed by atoms with Gasteiger partial charge in [0.1, 0.15) is 11.6 Å². The summed E-state index contributed by atoms with van der Waals surface area (Å²) in [7, 11) is 0. The van der Waals surface area contributed by atoms with E-state index >= 15 is 0 Å². The molecule has 0 spiro atoms. The molecular weight excluding hydrogens is 346 g/mol. The first kappa shape index (κ1) is 19.7. The van der Waals surface area contributed by atoms with Crippen molar-refractivity contribution >= 4 is 23.3 Å². The second kappa shape index (κ2) is 6.61. The lowest BCUT2D eigenvalue weighted by Gasteiger charge is -2.54. The zero-order valence-electron chi connectivity index (χ0n) is 15.2. The summed E-state index contributed by atoms with van der Waals surface area (Å²) in [5, 5.41) is 26.7. The average Bonchev–Trinajstić information content (AvgIpc) is 2.50. The summed E-state index contributed by atoms with van der Waals surface area (Å²) in [6.45, 7) is 9.70. The van der Waals surface area contributed by atoms with Crippen molar-refractivity contribution in [1.82, 2.24) is 9.78 Å². The Morgan fingerprint density at radius 1 is 1.44 bits per heavy atom. The van der Waals surface area contributed by atoms with Crippen LogP contribution < -0.4 is 10.9 Å². The van der Waals surface area contributed by atoms with E-state index < -0.39 is 23.7 Å². The predicted octanol–water partition coefficient (Wildman–Crippen LogP) is 2.21. The van der Waals surface area contributed by atoms with E-state index in [0.717, 1.165) is 4.68 Å². The number of nitrogens with one attached hydrogen (secondary N) is 1. The van der Waals surface area contributed by atoms with Gasteiger partial charge in [0.25, 0.3) is 5.56 Å². The maximum atomic E-state index is 12.2. The molecule has 2 rings (SSSR count). The molecule has 8 heteroatoms. The molecule has 0 aromatic carbocycles. The standard InChI is InChI=1S/C17H26ClN3O4/c1-9-6-12(17(5,25)10(2)16(9,3)4)20-11-7-19-21(8-13(22)23)15(24)14(11)18/h7,9-10,12,20,25H,6,8H2,1-5H3,(H,22,23)/t9-,10-,12+,17-/m0/s1. The van der Waals surface area contributed by atoms with Crippen LogP contribution in [0.3, 0.4) is 0 Å². The first-order valence-corrected chi connectivity index (χ1v) is 8.73. The highest BCUT2D eigenvalue weighted by Gasteiger charge is 2.52. The minimum absolute atomic E-state index is 0.0142. The highest BCUT2D eigenvalue weighted by molar-refractivity contribution is 6.32. The number of aromatic nitrogens is 2. The van der Waals surface area contributed by atoms with Crippen molar-refractivity contribution in [2.24, 2.45) is 17.3 Å².